The first kappa shape index (κ1) is 58.5. The number of esters is 1. The fourth-order valence-electron chi connectivity index (χ4n) is 6.83. The third kappa shape index (κ3) is 18.3. The molecule has 0 rings (SSSR count). The Bertz CT molecular complexity index is 1550. The van der Waals surface area contributed by atoms with Crippen molar-refractivity contribution in [2.45, 2.75) is 177 Å². The Morgan fingerprint density at radius 2 is 1.11 bits per heavy atom. The predicted molar refractivity (Wildman–Crippen MR) is 241 cm³/mol. The van der Waals surface area contributed by atoms with Crippen LogP contribution in [0.3, 0.4) is 0 Å². The maximum atomic E-state index is 14.3. The van der Waals surface area contributed by atoms with Crippen molar-refractivity contribution in [1.29, 1.82) is 0 Å². The third-order valence-corrected chi connectivity index (χ3v) is 11.4. The second kappa shape index (κ2) is 26.3. The maximum Gasteiger partial charge on any atom is 0.410 e. The number of carbonyl (C=O) groups excluding carboxylic acids is 8. The summed E-state index contributed by atoms with van der Waals surface area (Å²) in [6.45, 7) is 24.8. The molecule has 0 saturated heterocycles. The van der Waals surface area contributed by atoms with E-state index in [1.54, 1.807) is 41.5 Å². The molecular formula is C45H83N7O11. The number of hydrogen-bond acceptors (Lipinski definition) is 11. The molecule has 18 heteroatoms. The van der Waals surface area contributed by atoms with Crippen LogP contribution in [-0.4, -0.2) is 164 Å². The number of likely N-dealkylation sites (N-methyl/N-ethyl adjacent to an activating group) is 4. The van der Waals surface area contributed by atoms with Crippen molar-refractivity contribution in [2.24, 2.45) is 23.7 Å². The number of nitrogens with zero attached hydrogens (tertiary/aromatic N) is 4. The van der Waals surface area contributed by atoms with Gasteiger partial charge in [-0.3, -0.25) is 33.7 Å². The molecule has 9 atom stereocenters. The fraction of sp³-hybridized carbons (Fsp3) is 0.822. The minimum Gasteiger partial charge on any atom is -0.467 e. The Labute approximate surface area is 377 Å². The van der Waals surface area contributed by atoms with E-state index in [0.29, 0.717) is 12.8 Å². The number of hydrogen-bond donors (Lipinski definition) is 3. The summed E-state index contributed by atoms with van der Waals surface area (Å²) in [5.74, 6) is -4.54. The molecule has 0 bridgehead atoms. The standard InChI is InChI=1S/C45H83N7O11/c1-21-28(8)35(42(58)50(16)30(10)41(57)52(18)33(23-26(4)5)38(54)46-32(22-25(2)3)43(59)62-20)48-39(55)36(37(61-19)27(6)7)47-34(53)24-29(9)49(15)40(56)31(11)51(17)44(60)63-45(12,13)14/h25-33,35-37H,21-24H2,1-20H3,(H,46,54)(H,47,53)(H,48,55)/t28-,29+,30-,31-,32-,33-,35+,36+,37+/m0/s1. The van der Waals surface area contributed by atoms with Crippen molar-refractivity contribution in [2.75, 3.05) is 42.4 Å². The molecule has 0 fully saturated rings. The molecule has 0 spiro atoms. The van der Waals surface area contributed by atoms with Crippen molar-refractivity contribution in [3.05, 3.63) is 0 Å². The highest BCUT2D eigenvalue weighted by atomic mass is 16.6. The van der Waals surface area contributed by atoms with Gasteiger partial charge in [-0.05, 0) is 78.1 Å². The van der Waals surface area contributed by atoms with Crippen molar-refractivity contribution in [3.63, 3.8) is 0 Å². The van der Waals surface area contributed by atoms with Gasteiger partial charge < -0.3 is 44.9 Å². The van der Waals surface area contributed by atoms with E-state index in [1.165, 1.54) is 68.9 Å². The molecule has 0 aromatic heterocycles. The summed E-state index contributed by atoms with van der Waals surface area (Å²) in [6.07, 6.45) is -0.624. The SMILES string of the molecule is CC[C@H](C)[C@@H](NC(=O)[C@H](NC(=O)C[C@@H](C)N(C)C(=O)[C@H](C)N(C)C(=O)OC(C)(C)C)[C@H](OC)C(C)C)C(=O)N(C)[C@@H](C)C(=O)N(C)[C@@H](CC(C)C)C(=O)N[C@@H](CC(C)C)C(=O)OC. The average Bonchev–Trinajstić information content (AvgIpc) is 3.19. The summed E-state index contributed by atoms with van der Waals surface area (Å²) in [4.78, 5) is 114. The van der Waals surface area contributed by atoms with Gasteiger partial charge in [0, 0.05) is 47.8 Å². The average molecular weight is 898 g/mol. The first-order chi connectivity index (χ1) is 28.9. The highest BCUT2D eigenvalue weighted by Gasteiger charge is 2.40. The van der Waals surface area contributed by atoms with E-state index in [1.807, 2.05) is 48.5 Å². The molecule has 0 aromatic rings. The van der Waals surface area contributed by atoms with Gasteiger partial charge in [-0.25, -0.2) is 9.59 Å². The molecule has 0 unspecified atom stereocenters. The Kier molecular flexibility index (Phi) is 24.5. The summed E-state index contributed by atoms with van der Waals surface area (Å²) < 4.78 is 16.0. The van der Waals surface area contributed by atoms with Crippen LogP contribution in [0.5, 0.6) is 0 Å². The van der Waals surface area contributed by atoms with Crippen LogP contribution in [0.25, 0.3) is 0 Å². The Hall–Kier alpha value is -4.48. The molecule has 0 aromatic carbocycles. The summed E-state index contributed by atoms with van der Waals surface area (Å²) in [7, 11) is 8.56. The van der Waals surface area contributed by atoms with Crippen LogP contribution in [-0.2, 0) is 47.8 Å². The van der Waals surface area contributed by atoms with Gasteiger partial charge in [0.1, 0.15) is 41.9 Å². The van der Waals surface area contributed by atoms with Crippen LogP contribution in [0.4, 0.5) is 4.79 Å². The van der Waals surface area contributed by atoms with Crippen LogP contribution >= 0.6 is 0 Å². The third-order valence-electron chi connectivity index (χ3n) is 11.4. The Balaban J connectivity index is 6.41. The topological polar surface area (TPSA) is 213 Å². The first-order valence-electron chi connectivity index (χ1n) is 22.1. The summed E-state index contributed by atoms with van der Waals surface area (Å²) in [6, 6.07) is -6.91. The fourth-order valence-corrected chi connectivity index (χ4v) is 6.83. The monoisotopic (exact) mass is 898 g/mol. The van der Waals surface area contributed by atoms with Crippen LogP contribution < -0.4 is 16.0 Å². The first-order valence-corrected chi connectivity index (χ1v) is 22.1. The van der Waals surface area contributed by atoms with E-state index in [-0.39, 0.29) is 30.6 Å². The number of carbonyl (C=O) groups is 8. The summed E-state index contributed by atoms with van der Waals surface area (Å²) in [5.41, 5.74) is -0.763. The lowest BCUT2D eigenvalue weighted by Gasteiger charge is -2.37. The van der Waals surface area contributed by atoms with Gasteiger partial charge in [-0.2, -0.15) is 0 Å². The predicted octanol–water partition coefficient (Wildman–Crippen LogP) is 3.59. The number of amides is 7. The van der Waals surface area contributed by atoms with Crippen LogP contribution in [0.2, 0.25) is 0 Å². The van der Waals surface area contributed by atoms with Gasteiger partial charge in [0.25, 0.3) is 0 Å². The number of rotatable bonds is 24. The van der Waals surface area contributed by atoms with Crippen LogP contribution in [0.1, 0.15) is 123 Å². The molecule has 0 heterocycles. The molecular weight excluding hydrogens is 815 g/mol. The molecule has 0 saturated carbocycles. The van der Waals surface area contributed by atoms with Crippen molar-refractivity contribution < 1.29 is 52.6 Å². The summed E-state index contributed by atoms with van der Waals surface area (Å²) >= 11 is 0. The van der Waals surface area contributed by atoms with E-state index in [2.05, 4.69) is 16.0 Å². The molecule has 63 heavy (non-hydrogen) atoms. The molecule has 7 amide bonds. The van der Waals surface area contributed by atoms with Gasteiger partial charge in [0.2, 0.25) is 35.4 Å². The second-order valence-corrected chi connectivity index (χ2v) is 19.1. The summed E-state index contributed by atoms with van der Waals surface area (Å²) in [5, 5.41) is 8.39. The Morgan fingerprint density at radius 3 is 1.56 bits per heavy atom. The smallest absolute Gasteiger partial charge is 0.410 e. The van der Waals surface area contributed by atoms with E-state index in [0.717, 1.165) is 0 Å². The minimum absolute atomic E-state index is 0.0133. The maximum absolute atomic E-state index is 14.3. The van der Waals surface area contributed by atoms with Crippen LogP contribution in [0.15, 0.2) is 0 Å². The molecule has 0 radical (unpaired) electrons. The molecule has 0 aliphatic carbocycles. The van der Waals surface area contributed by atoms with Crippen molar-refractivity contribution >= 4 is 47.5 Å². The highest BCUT2D eigenvalue weighted by molar-refractivity contribution is 5.96. The lowest BCUT2D eigenvalue weighted by atomic mass is 9.94. The van der Waals surface area contributed by atoms with Gasteiger partial charge in [0.05, 0.1) is 13.2 Å². The highest BCUT2D eigenvalue weighted by Crippen LogP contribution is 2.20. The lowest BCUT2D eigenvalue weighted by Crippen LogP contribution is -2.62. The molecule has 3 N–H and O–H groups in total. The van der Waals surface area contributed by atoms with E-state index in [9.17, 15) is 38.4 Å². The molecule has 0 aliphatic heterocycles. The lowest BCUT2D eigenvalue weighted by molar-refractivity contribution is -0.150. The molecule has 0 aliphatic rings. The van der Waals surface area contributed by atoms with Crippen molar-refractivity contribution in [3.8, 4) is 0 Å². The normalized spacial score (nSPS) is 16.0. The van der Waals surface area contributed by atoms with Crippen molar-refractivity contribution in [1.82, 2.24) is 35.6 Å². The zero-order chi connectivity index (χ0) is 49.4. The van der Waals surface area contributed by atoms with E-state index >= 15 is 0 Å². The van der Waals surface area contributed by atoms with E-state index < -0.39 is 107 Å². The Morgan fingerprint density at radius 1 is 0.603 bits per heavy atom. The quantitative estimate of drug-likeness (QED) is 0.119. The van der Waals surface area contributed by atoms with Gasteiger partial charge >= 0.3 is 12.1 Å². The van der Waals surface area contributed by atoms with Gasteiger partial charge in [-0.15, -0.1) is 0 Å². The van der Waals surface area contributed by atoms with E-state index in [4.69, 9.17) is 14.2 Å². The number of methoxy groups -OCH3 is 2. The zero-order valence-electron chi connectivity index (χ0n) is 42.0. The zero-order valence-corrected chi connectivity index (χ0v) is 42.0. The number of nitrogens with one attached hydrogen (secondary N) is 3. The molecule has 364 valence electrons. The molecule has 18 nitrogen and oxygen atoms in total. The second-order valence-electron chi connectivity index (χ2n) is 19.1. The van der Waals surface area contributed by atoms with Gasteiger partial charge in [-0.1, -0.05) is 61.8 Å². The minimum atomic E-state index is -1.26. The number of ether oxygens (including phenoxy) is 3. The largest absolute Gasteiger partial charge is 0.467 e. The van der Waals surface area contributed by atoms with Gasteiger partial charge in [0.15, 0.2) is 0 Å². The van der Waals surface area contributed by atoms with Crippen LogP contribution in [0, 0.1) is 23.7 Å².